The molecule has 0 saturated carbocycles. The van der Waals surface area contributed by atoms with Crippen molar-refractivity contribution in [1.29, 1.82) is 0 Å². The van der Waals surface area contributed by atoms with Crippen LogP contribution in [0.1, 0.15) is 20.7 Å². The summed E-state index contributed by atoms with van der Waals surface area (Å²) in [5.41, 5.74) is 1.35. The maximum absolute atomic E-state index is 12.5. The van der Waals surface area contributed by atoms with Crippen molar-refractivity contribution in [2.75, 3.05) is 7.11 Å². The number of Topliss-reactive ketones (excluding diaryl/α,β-unsaturated/α-hetero) is 1. The largest absolute Gasteiger partial charge is 0.497 e. The number of rotatable bonds is 6. The summed E-state index contributed by atoms with van der Waals surface area (Å²) in [4.78, 5) is 21.9. The van der Waals surface area contributed by atoms with Crippen molar-refractivity contribution in [1.82, 2.24) is 0 Å². The molecule has 0 N–H and O–H groups in total. The second-order valence-corrected chi connectivity index (χ2v) is 6.72. The molecular weight excluding hydrogens is 430 g/mol. The summed E-state index contributed by atoms with van der Waals surface area (Å²) in [5, 5.41) is 10.7. The van der Waals surface area contributed by atoms with E-state index in [-0.39, 0.29) is 16.3 Å². The van der Waals surface area contributed by atoms with E-state index in [1.165, 1.54) is 12.1 Å². The average Bonchev–Trinajstić information content (AvgIpc) is 2.60. The fourth-order valence-electron chi connectivity index (χ4n) is 2.00. The van der Waals surface area contributed by atoms with Crippen molar-refractivity contribution in [2.24, 2.45) is 0 Å². The molecule has 23 heavy (non-hydrogen) atoms. The lowest BCUT2D eigenvalue weighted by Crippen LogP contribution is -2.19. The molecule has 2 aromatic rings. The lowest BCUT2D eigenvalue weighted by atomic mass is 10.0. The van der Waals surface area contributed by atoms with E-state index in [0.29, 0.717) is 11.3 Å². The number of nitro benzene ring substituents is 1. The fraction of sp³-hybridized carbons (Fsp3) is 0.188. The molecule has 0 unspecified atom stereocenters. The molecule has 2 rings (SSSR count). The Kier molecular flexibility index (Phi) is 5.90. The lowest BCUT2D eigenvalue weighted by Gasteiger charge is -2.16. The SMILES string of the molecule is COc1ccc(C(=O)[C@@H](Br)[C@H](Br)c2ccc([N+](=O)[O-])cc2)cc1. The maximum atomic E-state index is 12.5. The van der Waals surface area contributed by atoms with Crippen molar-refractivity contribution >= 4 is 43.3 Å². The van der Waals surface area contributed by atoms with E-state index in [1.807, 2.05) is 0 Å². The molecule has 120 valence electrons. The molecule has 0 amide bonds. The summed E-state index contributed by atoms with van der Waals surface area (Å²) in [6.07, 6.45) is 0. The van der Waals surface area contributed by atoms with E-state index >= 15 is 0 Å². The van der Waals surface area contributed by atoms with Crippen molar-refractivity contribution < 1.29 is 14.5 Å². The van der Waals surface area contributed by atoms with Crippen molar-refractivity contribution in [3.63, 3.8) is 0 Å². The van der Waals surface area contributed by atoms with Crippen LogP contribution in [-0.4, -0.2) is 22.6 Å². The van der Waals surface area contributed by atoms with Gasteiger partial charge in [0.1, 0.15) is 5.75 Å². The first kappa shape index (κ1) is 17.6. The second-order valence-electron chi connectivity index (χ2n) is 4.74. The van der Waals surface area contributed by atoms with E-state index in [1.54, 1.807) is 43.5 Å². The minimum absolute atomic E-state index is 0.0149. The van der Waals surface area contributed by atoms with Crippen LogP contribution in [-0.2, 0) is 0 Å². The van der Waals surface area contributed by atoms with E-state index in [9.17, 15) is 14.9 Å². The van der Waals surface area contributed by atoms with Crippen LogP contribution in [0, 0.1) is 10.1 Å². The number of benzene rings is 2. The highest BCUT2D eigenvalue weighted by molar-refractivity contribution is 9.12. The van der Waals surface area contributed by atoms with Gasteiger partial charge in [-0.1, -0.05) is 44.0 Å². The van der Waals surface area contributed by atoms with Crippen LogP contribution < -0.4 is 4.74 Å². The number of hydrogen-bond donors (Lipinski definition) is 0. The van der Waals surface area contributed by atoms with E-state index < -0.39 is 9.75 Å². The summed E-state index contributed by atoms with van der Waals surface area (Å²) in [5.74, 6) is 0.589. The van der Waals surface area contributed by atoms with Gasteiger partial charge >= 0.3 is 0 Å². The van der Waals surface area contributed by atoms with Gasteiger partial charge in [-0.3, -0.25) is 14.9 Å². The number of hydrogen-bond acceptors (Lipinski definition) is 4. The maximum Gasteiger partial charge on any atom is 0.269 e. The third-order valence-corrected chi connectivity index (χ3v) is 6.02. The summed E-state index contributed by atoms with van der Waals surface area (Å²) < 4.78 is 5.07. The summed E-state index contributed by atoms with van der Waals surface area (Å²) >= 11 is 6.88. The highest BCUT2D eigenvalue weighted by atomic mass is 79.9. The van der Waals surface area contributed by atoms with Crippen molar-refractivity contribution in [3.05, 3.63) is 69.8 Å². The van der Waals surface area contributed by atoms with Gasteiger partial charge in [-0.2, -0.15) is 0 Å². The van der Waals surface area contributed by atoms with Crippen LogP contribution in [0.2, 0.25) is 0 Å². The summed E-state index contributed by atoms with van der Waals surface area (Å²) in [6.45, 7) is 0. The number of non-ortho nitro benzene ring substituents is 1. The smallest absolute Gasteiger partial charge is 0.269 e. The molecule has 2 aromatic carbocycles. The number of carbonyl (C=O) groups excluding carboxylic acids is 1. The number of ketones is 1. The van der Waals surface area contributed by atoms with Gasteiger partial charge in [-0.15, -0.1) is 0 Å². The van der Waals surface area contributed by atoms with Crippen LogP contribution in [0.4, 0.5) is 5.69 Å². The molecular formula is C16H13Br2NO4. The van der Waals surface area contributed by atoms with Crippen LogP contribution in [0.3, 0.4) is 0 Å². The average molecular weight is 443 g/mol. The zero-order valence-electron chi connectivity index (χ0n) is 12.1. The number of nitrogens with zero attached hydrogens (tertiary/aromatic N) is 1. The lowest BCUT2D eigenvalue weighted by molar-refractivity contribution is -0.384. The zero-order chi connectivity index (χ0) is 17.0. The van der Waals surface area contributed by atoms with Crippen LogP contribution >= 0.6 is 31.9 Å². The van der Waals surface area contributed by atoms with Gasteiger partial charge in [0.25, 0.3) is 5.69 Å². The molecule has 5 nitrogen and oxygen atoms in total. The Balaban J connectivity index is 2.15. The molecule has 0 aliphatic rings. The monoisotopic (exact) mass is 441 g/mol. The number of carbonyl (C=O) groups is 1. The third-order valence-electron chi connectivity index (χ3n) is 3.30. The first-order chi connectivity index (χ1) is 10.9. The second kappa shape index (κ2) is 7.70. The Hall–Kier alpha value is -1.73. The Morgan fingerprint density at radius 2 is 1.65 bits per heavy atom. The minimum atomic E-state index is -0.502. The molecule has 0 aliphatic heterocycles. The molecule has 0 spiro atoms. The van der Waals surface area contributed by atoms with Gasteiger partial charge in [0.05, 0.1) is 21.7 Å². The van der Waals surface area contributed by atoms with Gasteiger partial charge in [0.2, 0.25) is 0 Å². The molecule has 0 aliphatic carbocycles. The Bertz CT molecular complexity index is 701. The predicted octanol–water partition coefficient (Wildman–Crippen LogP) is 4.69. The Morgan fingerprint density at radius 1 is 1.09 bits per heavy atom. The molecule has 0 fully saturated rings. The van der Waals surface area contributed by atoms with Crippen LogP contribution in [0.5, 0.6) is 5.75 Å². The van der Waals surface area contributed by atoms with E-state index in [0.717, 1.165) is 5.56 Å². The number of halogens is 2. The number of ether oxygens (including phenoxy) is 1. The molecule has 0 saturated heterocycles. The molecule has 0 heterocycles. The number of alkyl halides is 2. The number of nitro groups is 1. The molecule has 0 radical (unpaired) electrons. The standard InChI is InChI=1S/C16H13Br2NO4/c1-23-13-8-4-11(5-9-13)16(20)15(18)14(17)10-2-6-12(7-3-10)19(21)22/h2-9,14-15H,1H3/t14-,15+/m1/s1. The van der Waals surface area contributed by atoms with Gasteiger partial charge in [0, 0.05) is 17.7 Å². The third kappa shape index (κ3) is 4.17. The summed E-state index contributed by atoms with van der Waals surface area (Å²) in [7, 11) is 1.56. The van der Waals surface area contributed by atoms with Gasteiger partial charge in [-0.25, -0.2) is 0 Å². The predicted molar refractivity (Wildman–Crippen MR) is 94.8 cm³/mol. The Labute approximate surface area is 150 Å². The van der Waals surface area contributed by atoms with E-state index in [2.05, 4.69) is 31.9 Å². The first-order valence-corrected chi connectivity index (χ1v) is 8.48. The van der Waals surface area contributed by atoms with Gasteiger partial charge in [-0.05, 0) is 29.8 Å². The fourth-order valence-corrected chi connectivity index (χ4v) is 3.11. The molecule has 0 bridgehead atoms. The zero-order valence-corrected chi connectivity index (χ0v) is 15.3. The highest BCUT2D eigenvalue weighted by Gasteiger charge is 2.26. The number of methoxy groups -OCH3 is 1. The molecule has 2 atom stereocenters. The molecule has 0 aromatic heterocycles. The van der Waals surface area contributed by atoms with E-state index in [4.69, 9.17) is 4.74 Å². The Morgan fingerprint density at radius 3 is 2.13 bits per heavy atom. The summed E-state index contributed by atoms with van der Waals surface area (Å²) in [6, 6.07) is 12.9. The van der Waals surface area contributed by atoms with Gasteiger partial charge < -0.3 is 4.74 Å². The minimum Gasteiger partial charge on any atom is -0.497 e. The molecule has 7 heteroatoms. The van der Waals surface area contributed by atoms with Crippen molar-refractivity contribution in [2.45, 2.75) is 9.65 Å². The normalized spacial score (nSPS) is 13.2. The topological polar surface area (TPSA) is 69.4 Å². The highest BCUT2D eigenvalue weighted by Crippen LogP contribution is 2.34. The van der Waals surface area contributed by atoms with Crippen molar-refractivity contribution in [3.8, 4) is 5.75 Å². The first-order valence-electron chi connectivity index (χ1n) is 6.65. The van der Waals surface area contributed by atoms with Gasteiger partial charge in [0.15, 0.2) is 5.78 Å². The van der Waals surface area contributed by atoms with Crippen LogP contribution in [0.25, 0.3) is 0 Å². The quantitative estimate of drug-likeness (QED) is 0.281. The van der Waals surface area contributed by atoms with Crippen LogP contribution in [0.15, 0.2) is 48.5 Å².